The molecule has 0 amide bonds. The topological polar surface area (TPSA) is 24.8 Å². The third-order valence-electron chi connectivity index (χ3n) is 5.75. The molecule has 28 heavy (non-hydrogen) atoms. The van der Waals surface area contributed by atoms with Crippen LogP contribution in [0.25, 0.3) is 21.5 Å². The van der Waals surface area contributed by atoms with Crippen molar-refractivity contribution in [2.75, 3.05) is 11.9 Å². The zero-order valence-electron chi connectivity index (χ0n) is 15.6. The van der Waals surface area contributed by atoms with E-state index in [1.54, 1.807) is 11.8 Å². The van der Waals surface area contributed by atoms with Gasteiger partial charge in [0.1, 0.15) is 5.69 Å². The summed E-state index contributed by atoms with van der Waals surface area (Å²) in [6.07, 6.45) is 0. The summed E-state index contributed by atoms with van der Waals surface area (Å²) in [5.41, 5.74) is 3.07. The molecule has 2 heterocycles. The van der Waals surface area contributed by atoms with Crippen LogP contribution in [0.1, 0.15) is 6.92 Å². The Labute approximate surface area is 167 Å². The van der Waals surface area contributed by atoms with Crippen molar-refractivity contribution in [2.24, 2.45) is 4.99 Å². The van der Waals surface area contributed by atoms with Crippen LogP contribution in [0.2, 0.25) is 0 Å². The Morgan fingerprint density at radius 2 is 1.43 bits per heavy atom. The summed E-state index contributed by atoms with van der Waals surface area (Å²) in [6.45, 7) is 2.07. The first-order valence-electron chi connectivity index (χ1n) is 9.39. The summed E-state index contributed by atoms with van der Waals surface area (Å²) in [5.74, 6) is 0.868. The van der Waals surface area contributed by atoms with E-state index in [0.29, 0.717) is 0 Å². The minimum atomic E-state index is -0.651. The maximum Gasteiger partial charge on any atom is 0.275 e. The normalized spacial score (nSPS) is 20.2. The van der Waals surface area contributed by atoms with Crippen LogP contribution in [-0.2, 0) is 0 Å². The van der Waals surface area contributed by atoms with E-state index >= 15 is 0 Å². The smallest absolute Gasteiger partial charge is 0.275 e. The van der Waals surface area contributed by atoms with Crippen LogP contribution in [0.5, 0.6) is 5.75 Å². The van der Waals surface area contributed by atoms with Gasteiger partial charge in [-0.2, -0.15) is 0 Å². The Kier molecular flexibility index (Phi) is 3.16. The Morgan fingerprint density at radius 3 is 2.18 bits per heavy atom. The lowest BCUT2D eigenvalue weighted by Gasteiger charge is -2.39. The standard InChI is InChI=1S/C24H18N2OS/c1-15-24(26(2)20-13-7-8-14-21(20)28-24)27-23-19-12-6-4-10-17(19)16-9-3-5-11-18(16)22(23)25-15/h3-14H,1-2H3/t24-/m1/s1. The largest absolute Gasteiger partial charge is 0.450 e. The van der Waals surface area contributed by atoms with Gasteiger partial charge in [-0.05, 0) is 41.6 Å². The summed E-state index contributed by atoms with van der Waals surface area (Å²) in [5, 5.41) is 4.00. The van der Waals surface area contributed by atoms with Gasteiger partial charge in [0.05, 0.1) is 11.4 Å². The van der Waals surface area contributed by atoms with Crippen LogP contribution in [-0.4, -0.2) is 17.8 Å². The number of hydrogen-bond donors (Lipinski definition) is 0. The molecule has 1 spiro atoms. The number of rotatable bonds is 0. The van der Waals surface area contributed by atoms with Crippen LogP contribution in [0.3, 0.4) is 0 Å². The quantitative estimate of drug-likeness (QED) is 0.330. The maximum absolute atomic E-state index is 6.87. The summed E-state index contributed by atoms with van der Waals surface area (Å²) in [6, 6.07) is 25.3. The van der Waals surface area contributed by atoms with Crippen LogP contribution in [0, 0.1) is 0 Å². The molecule has 136 valence electrons. The highest BCUT2D eigenvalue weighted by atomic mass is 32.2. The second-order valence-electron chi connectivity index (χ2n) is 7.28. The summed E-state index contributed by atoms with van der Waals surface area (Å²) in [7, 11) is 2.09. The van der Waals surface area contributed by atoms with Crippen LogP contribution in [0.15, 0.2) is 82.7 Å². The first-order valence-corrected chi connectivity index (χ1v) is 10.2. The number of thioether (sulfide) groups is 1. The lowest BCUT2D eigenvalue weighted by molar-refractivity contribution is 0.236. The van der Waals surface area contributed by atoms with Gasteiger partial charge in [-0.1, -0.05) is 60.7 Å². The Morgan fingerprint density at radius 1 is 0.821 bits per heavy atom. The summed E-state index contributed by atoms with van der Waals surface area (Å²) < 4.78 is 6.87. The Bertz CT molecular complexity index is 1310. The van der Waals surface area contributed by atoms with Gasteiger partial charge < -0.3 is 9.64 Å². The maximum atomic E-state index is 6.87. The van der Waals surface area contributed by atoms with Crippen molar-refractivity contribution in [1.29, 1.82) is 0 Å². The lowest BCUT2D eigenvalue weighted by Crippen LogP contribution is -2.52. The molecule has 6 rings (SSSR count). The van der Waals surface area contributed by atoms with Gasteiger partial charge in [-0.15, -0.1) is 0 Å². The predicted molar refractivity (Wildman–Crippen MR) is 118 cm³/mol. The average Bonchev–Trinajstić information content (AvgIpc) is 3.02. The molecule has 1 atom stereocenters. The Balaban J connectivity index is 1.66. The first-order chi connectivity index (χ1) is 13.7. The van der Waals surface area contributed by atoms with Crippen molar-refractivity contribution >= 4 is 50.4 Å². The van der Waals surface area contributed by atoms with E-state index in [1.165, 1.54) is 21.4 Å². The monoisotopic (exact) mass is 382 g/mol. The minimum absolute atomic E-state index is 0.651. The zero-order valence-corrected chi connectivity index (χ0v) is 16.5. The lowest BCUT2D eigenvalue weighted by atomic mass is 9.98. The van der Waals surface area contributed by atoms with E-state index in [0.717, 1.165) is 27.9 Å². The minimum Gasteiger partial charge on any atom is -0.450 e. The van der Waals surface area contributed by atoms with Gasteiger partial charge in [-0.3, -0.25) is 0 Å². The number of fused-ring (bicyclic) bond motifs is 7. The molecule has 4 aromatic carbocycles. The molecule has 0 saturated heterocycles. The van der Waals surface area contributed by atoms with Gasteiger partial charge in [0.2, 0.25) is 0 Å². The zero-order chi connectivity index (χ0) is 18.9. The molecule has 0 fully saturated rings. The van der Waals surface area contributed by atoms with E-state index in [1.807, 2.05) is 0 Å². The number of para-hydroxylation sites is 1. The van der Waals surface area contributed by atoms with Crippen molar-refractivity contribution in [3.63, 3.8) is 0 Å². The van der Waals surface area contributed by atoms with Crippen molar-refractivity contribution in [1.82, 2.24) is 0 Å². The number of ether oxygens (including phenoxy) is 1. The van der Waals surface area contributed by atoms with E-state index in [2.05, 4.69) is 91.7 Å². The molecule has 2 aliphatic rings. The first kappa shape index (κ1) is 16.0. The fourth-order valence-corrected chi connectivity index (χ4v) is 5.67. The van der Waals surface area contributed by atoms with E-state index in [9.17, 15) is 0 Å². The number of benzene rings is 4. The highest BCUT2D eigenvalue weighted by molar-refractivity contribution is 8.02. The summed E-state index contributed by atoms with van der Waals surface area (Å²) >= 11 is 1.73. The van der Waals surface area contributed by atoms with E-state index < -0.39 is 5.06 Å². The second-order valence-corrected chi connectivity index (χ2v) is 8.48. The molecule has 0 radical (unpaired) electrons. The molecule has 3 nitrogen and oxygen atoms in total. The third-order valence-corrected chi connectivity index (χ3v) is 7.25. The van der Waals surface area contributed by atoms with Crippen LogP contribution in [0.4, 0.5) is 11.4 Å². The van der Waals surface area contributed by atoms with Gasteiger partial charge in [0.25, 0.3) is 5.06 Å². The molecule has 4 aromatic rings. The van der Waals surface area contributed by atoms with Crippen molar-refractivity contribution in [3.05, 3.63) is 72.8 Å². The molecule has 0 saturated carbocycles. The SMILES string of the molecule is CC1=Nc2c(c3ccccc3c3ccccc23)O[C@@]12Sc1ccccc1N2C. The van der Waals surface area contributed by atoms with Crippen molar-refractivity contribution in [2.45, 2.75) is 16.9 Å². The average molecular weight is 382 g/mol. The van der Waals surface area contributed by atoms with Gasteiger partial charge >= 0.3 is 0 Å². The summed E-state index contributed by atoms with van der Waals surface area (Å²) in [4.78, 5) is 8.54. The third kappa shape index (κ3) is 1.93. The number of anilines is 1. The van der Waals surface area contributed by atoms with Gasteiger partial charge in [-0.25, -0.2) is 4.99 Å². The van der Waals surface area contributed by atoms with Crippen molar-refractivity contribution < 1.29 is 4.74 Å². The number of nitrogens with zero attached hydrogens (tertiary/aromatic N) is 2. The molecule has 0 unspecified atom stereocenters. The number of hydrogen-bond acceptors (Lipinski definition) is 4. The van der Waals surface area contributed by atoms with E-state index in [4.69, 9.17) is 9.73 Å². The molecule has 0 N–H and O–H groups in total. The molecule has 2 aliphatic heterocycles. The molecule has 0 aromatic heterocycles. The molecule has 4 heteroatoms. The molecule has 0 bridgehead atoms. The van der Waals surface area contributed by atoms with Crippen LogP contribution >= 0.6 is 11.8 Å². The fourth-order valence-electron chi connectivity index (χ4n) is 4.36. The fraction of sp³-hybridized carbons (Fsp3) is 0.125. The predicted octanol–water partition coefficient (Wildman–Crippen LogP) is 6.37. The Hall–Kier alpha value is -2.98. The highest BCUT2D eigenvalue weighted by Gasteiger charge is 2.50. The molecule has 0 aliphatic carbocycles. The highest BCUT2D eigenvalue weighted by Crippen LogP contribution is 2.56. The van der Waals surface area contributed by atoms with Crippen LogP contribution < -0.4 is 9.64 Å². The molecular weight excluding hydrogens is 364 g/mol. The second kappa shape index (κ2) is 5.52. The number of aliphatic imine (C=N–C) groups is 1. The van der Waals surface area contributed by atoms with Crippen molar-refractivity contribution in [3.8, 4) is 5.75 Å². The van der Waals surface area contributed by atoms with Gasteiger partial charge in [0.15, 0.2) is 5.75 Å². The molecular formula is C24H18N2OS. The van der Waals surface area contributed by atoms with E-state index in [-0.39, 0.29) is 0 Å². The van der Waals surface area contributed by atoms with Gasteiger partial charge in [0, 0.05) is 22.7 Å².